The van der Waals surface area contributed by atoms with Gasteiger partial charge in [-0.1, -0.05) is 12.1 Å². The van der Waals surface area contributed by atoms with Gasteiger partial charge in [0.1, 0.15) is 5.75 Å². The molecule has 0 bridgehead atoms. The molecule has 0 radical (unpaired) electrons. The van der Waals surface area contributed by atoms with Crippen molar-refractivity contribution >= 4 is 5.69 Å². The van der Waals surface area contributed by atoms with Gasteiger partial charge in [0.25, 0.3) is 0 Å². The van der Waals surface area contributed by atoms with E-state index in [1.54, 1.807) is 0 Å². The molecule has 0 aliphatic carbocycles. The van der Waals surface area contributed by atoms with E-state index < -0.39 is 0 Å². The highest BCUT2D eigenvalue weighted by molar-refractivity contribution is 5.62. The molecule has 2 N–H and O–H groups in total. The number of nitrogens with two attached hydrogens (primary N) is 1. The molecule has 1 fully saturated rings. The van der Waals surface area contributed by atoms with Crippen molar-refractivity contribution in [3.05, 3.63) is 23.8 Å². The molecule has 4 nitrogen and oxygen atoms in total. The topological polar surface area (TPSA) is 41.7 Å². The van der Waals surface area contributed by atoms with E-state index in [-0.39, 0.29) is 0 Å². The maximum absolute atomic E-state index is 5.94. The summed E-state index contributed by atoms with van der Waals surface area (Å²) in [6.45, 7) is 7.36. The molecule has 2 heterocycles. The molecule has 4 heteroatoms. The van der Waals surface area contributed by atoms with Crippen LogP contribution >= 0.6 is 0 Å². The second-order valence-corrected chi connectivity index (χ2v) is 6.04. The Morgan fingerprint density at radius 1 is 1.10 bits per heavy atom. The zero-order valence-electron chi connectivity index (χ0n) is 12.9. The minimum Gasteiger partial charge on any atom is -0.491 e. The van der Waals surface area contributed by atoms with Crippen LogP contribution in [0.4, 0.5) is 5.69 Å². The lowest BCUT2D eigenvalue weighted by atomic mass is 10.0. The van der Waals surface area contributed by atoms with Crippen molar-refractivity contribution in [2.75, 3.05) is 50.8 Å². The predicted molar refractivity (Wildman–Crippen MR) is 87.2 cm³/mol. The highest BCUT2D eigenvalue weighted by atomic mass is 16.5. The molecule has 3 rings (SSSR count). The lowest BCUT2D eigenvalue weighted by Gasteiger charge is -2.37. The second-order valence-electron chi connectivity index (χ2n) is 6.04. The summed E-state index contributed by atoms with van der Waals surface area (Å²) in [4.78, 5) is 5.05. The number of nitrogens with zero attached hydrogens (tertiary/aromatic N) is 2. The molecular weight excluding hydrogens is 262 g/mol. The zero-order valence-corrected chi connectivity index (χ0v) is 12.9. The van der Waals surface area contributed by atoms with E-state index in [1.807, 2.05) is 0 Å². The Morgan fingerprint density at radius 2 is 1.95 bits per heavy atom. The maximum Gasteiger partial charge on any atom is 0.145 e. The first-order valence-corrected chi connectivity index (χ1v) is 8.30. The van der Waals surface area contributed by atoms with Gasteiger partial charge < -0.3 is 15.4 Å². The summed E-state index contributed by atoms with van der Waals surface area (Å²) in [5.74, 6) is 1.14. The molecule has 21 heavy (non-hydrogen) atoms. The Balaban J connectivity index is 1.59. The normalized spacial score (nSPS) is 19.2. The smallest absolute Gasteiger partial charge is 0.145 e. The fraction of sp³-hybridized carbons (Fsp3) is 0.647. The number of piperazine rings is 1. The largest absolute Gasteiger partial charge is 0.491 e. The van der Waals surface area contributed by atoms with E-state index in [9.17, 15) is 0 Å². The van der Waals surface area contributed by atoms with Crippen LogP contribution in [0.15, 0.2) is 18.2 Å². The van der Waals surface area contributed by atoms with Crippen molar-refractivity contribution in [1.82, 2.24) is 4.90 Å². The number of rotatable bonds is 5. The van der Waals surface area contributed by atoms with Gasteiger partial charge in [0.15, 0.2) is 0 Å². The number of hydrogen-bond acceptors (Lipinski definition) is 4. The third kappa shape index (κ3) is 3.50. The Morgan fingerprint density at radius 3 is 2.76 bits per heavy atom. The predicted octanol–water partition coefficient (Wildman–Crippen LogP) is 1.87. The number of unbranched alkanes of at least 4 members (excludes halogenated alkanes) is 1. The minimum absolute atomic E-state index is 0.813. The molecule has 2 aliphatic heterocycles. The van der Waals surface area contributed by atoms with Crippen molar-refractivity contribution in [1.29, 1.82) is 0 Å². The quantitative estimate of drug-likeness (QED) is 0.840. The van der Waals surface area contributed by atoms with Crippen LogP contribution in [0.1, 0.15) is 24.8 Å². The van der Waals surface area contributed by atoms with Crippen LogP contribution in [0, 0.1) is 0 Å². The number of hydrogen-bond donors (Lipinski definition) is 1. The first-order valence-electron chi connectivity index (χ1n) is 8.30. The van der Waals surface area contributed by atoms with Crippen molar-refractivity contribution < 1.29 is 4.74 Å². The fourth-order valence-electron chi connectivity index (χ4n) is 3.31. The number of benzene rings is 1. The van der Waals surface area contributed by atoms with Gasteiger partial charge >= 0.3 is 0 Å². The summed E-state index contributed by atoms with van der Waals surface area (Å²) in [5, 5.41) is 0. The molecule has 116 valence electrons. The van der Waals surface area contributed by atoms with Crippen molar-refractivity contribution in [2.45, 2.75) is 25.7 Å². The van der Waals surface area contributed by atoms with Crippen molar-refractivity contribution in [2.24, 2.45) is 5.73 Å². The molecule has 0 aromatic heterocycles. The van der Waals surface area contributed by atoms with Gasteiger partial charge in [-0.15, -0.1) is 0 Å². The van der Waals surface area contributed by atoms with Crippen LogP contribution < -0.4 is 15.4 Å². The van der Waals surface area contributed by atoms with Crippen molar-refractivity contribution in [3.63, 3.8) is 0 Å². The third-order valence-corrected chi connectivity index (χ3v) is 4.55. The molecule has 1 aromatic carbocycles. The molecule has 1 aromatic rings. The van der Waals surface area contributed by atoms with Gasteiger partial charge in [-0.25, -0.2) is 0 Å². The summed E-state index contributed by atoms with van der Waals surface area (Å²) in [7, 11) is 0. The first-order chi connectivity index (χ1) is 10.4. The second kappa shape index (κ2) is 7.14. The molecule has 0 spiro atoms. The standard InChI is InChI=1S/C17H27N3O/c18-8-1-2-9-19-10-12-20(13-11-19)16-7-3-5-15-6-4-14-21-17(15)16/h3,5,7H,1-2,4,6,8-14,18H2. The summed E-state index contributed by atoms with van der Waals surface area (Å²) >= 11 is 0. The highest BCUT2D eigenvalue weighted by Crippen LogP contribution is 2.35. The molecule has 0 saturated carbocycles. The number of fused-ring (bicyclic) bond motifs is 1. The summed E-state index contributed by atoms with van der Waals surface area (Å²) in [6.07, 6.45) is 4.66. The van der Waals surface area contributed by atoms with Gasteiger partial charge in [-0.05, 0) is 50.4 Å². The Bertz CT molecular complexity index is 455. The van der Waals surface area contributed by atoms with Crippen LogP contribution in [0.5, 0.6) is 5.75 Å². The number of ether oxygens (including phenoxy) is 1. The zero-order chi connectivity index (χ0) is 14.5. The number of para-hydroxylation sites is 1. The monoisotopic (exact) mass is 289 g/mol. The van der Waals surface area contributed by atoms with Crippen LogP contribution in [0.25, 0.3) is 0 Å². The molecule has 0 amide bonds. The van der Waals surface area contributed by atoms with Crippen LogP contribution in [-0.2, 0) is 6.42 Å². The number of aryl methyl sites for hydroxylation is 1. The van der Waals surface area contributed by atoms with Gasteiger partial charge in [-0.3, -0.25) is 4.90 Å². The van der Waals surface area contributed by atoms with E-state index in [1.165, 1.54) is 24.2 Å². The van der Waals surface area contributed by atoms with E-state index in [2.05, 4.69) is 28.0 Å². The third-order valence-electron chi connectivity index (χ3n) is 4.55. The maximum atomic E-state index is 5.94. The molecular formula is C17H27N3O. The Labute approximate surface area is 127 Å². The molecule has 0 unspecified atom stereocenters. The van der Waals surface area contributed by atoms with E-state index in [4.69, 9.17) is 10.5 Å². The van der Waals surface area contributed by atoms with Crippen LogP contribution in [-0.4, -0.2) is 50.8 Å². The minimum atomic E-state index is 0.813. The van der Waals surface area contributed by atoms with Crippen LogP contribution in [0.3, 0.4) is 0 Å². The van der Waals surface area contributed by atoms with Gasteiger partial charge in [-0.2, -0.15) is 0 Å². The summed E-state index contributed by atoms with van der Waals surface area (Å²) < 4.78 is 5.94. The van der Waals surface area contributed by atoms with Crippen LogP contribution in [0.2, 0.25) is 0 Å². The summed E-state index contributed by atoms with van der Waals surface area (Å²) in [5.41, 5.74) is 8.24. The lowest BCUT2D eigenvalue weighted by molar-refractivity contribution is 0.250. The van der Waals surface area contributed by atoms with Gasteiger partial charge in [0.2, 0.25) is 0 Å². The molecule has 0 atom stereocenters. The first kappa shape index (κ1) is 14.7. The fourth-order valence-corrected chi connectivity index (χ4v) is 3.31. The molecule has 1 saturated heterocycles. The Hall–Kier alpha value is -1.26. The highest BCUT2D eigenvalue weighted by Gasteiger charge is 2.22. The van der Waals surface area contributed by atoms with Gasteiger partial charge in [0.05, 0.1) is 12.3 Å². The Kier molecular flexibility index (Phi) is 4.99. The average Bonchev–Trinajstić information content (AvgIpc) is 2.55. The lowest BCUT2D eigenvalue weighted by Crippen LogP contribution is -2.46. The number of anilines is 1. The van der Waals surface area contributed by atoms with E-state index >= 15 is 0 Å². The average molecular weight is 289 g/mol. The van der Waals surface area contributed by atoms with Gasteiger partial charge in [0, 0.05) is 26.2 Å². The van der Waals surface area contributed by atoms with Crippen molar-refractivity contribution in [3.8, 4) is 5.75 Å². The molecule has 2 aliphatic rings. The SMILES string of the molecule is NCCCCN1CCN(c2cccc3c2OCCC3)CC1. The van der Waals surface area contributed by atoms with E-state index in [0.29, 0.717) is 0 Å². The summed E-state index contributed by atoms with van der Waals surface area (Å²) in [6, 6.07) is 6.60. The van der Waals surface area contributed by atoms with E-state index in [0.717, 1.165) is 64.3 Å².